The highest BCUT2D eigenvalue weighted by Crippen LogP contribution is 2.30. The van der Waals surface area contributed by atoms with E-state index in [1.54, 1.807) is 4.31 Å². The molecule has 0 aromatic carbocycles. The highest BCUT2D eigenvalue weighted by atomic mass is 32.2. The van der Waals surface area contributed by atoms with Crippen LogP contribution < -0.4 is 5.32 Å². The van der Waals surface area contributed by atoms with Crippen LogP contribution in [0.4, 0.5) is 0 Å². The molecule has 2 rings (SSSR count). The van der Waals surface area contributed by atoms with E-state index in [9.17, 15) is 8.42 Å². The highest BCUT2D eigenvalue weighted by molar-refractivity contribution is 7.90. The number of nitrogens with zero attached hydrogens (tertiary/aromatic N) is 1. The van der Waals surface area contributed by atoms with E-state index in [2.05, 4.69) is 5.32 Å². The summed E-state index contributed by atoms with van der Waals surface area (Å²) < 4.78 is 25.3. The van der Waals surface area contributed by atoms with Gasteiger partial charge in [0, 0.05) is 19.6 Å². The summed E-state index contributed by atoms with van der Waals surface area (Å²) in [5.41, 5.74) is 0. The van der Waals surface area contributed by atoms with Gasteiger partial charge < -0.3 is 5.32 Å². The topological polar surface area (TPSA) is 49.4 Å². The first kappa shape index (κ1) is 9.43. The van der Waals surface area contributed by atoms with Crippen molar-refractivity contribution in [2.24, 2.45) is 0 Å². The Hall–Kier alpha value is -0.130. The quantitative estimate of drug-likeness (QED) is 0.676. The van der Waals surface area contributed by atoms with Gasteiger partial charge in [0.15, 0.2) is 0 Å². The minimum Gasteiger partial charge on any atom is -0.315 e. The molecule has 0 unspecified atom stereocenters. The van der Waals surface area contributed by atoms with Gasteiger partial charge in [0.25, 0.3) is 0 Å². The number of rotatable bonds is 2. The van der Waals surface area contributed by atoms with E-state index >= 15 is 0 Å². The normalized spacial score (nSPS) is 27.1. The molecular weight excluding hydrogens is 188 g/mol. The number of nitrogens with one attached hydrogen (secondary N) is 1. The maximum atomic E-state index is 11.8. The predicted octanol–water partition coefficient (Wildman–Crippen LogP) is -0.226. The average Bonchev–Trinajstić information content (AvgIpc) is 2.93. The molecule has 0 aromatic heterocycles. The lowest BCUT2D eigenvalue weighted by atomic mass is 10.4. The van der Waals surface area contributed by atoms with Gasteiger partial charge in [-0.1, -0.05) is 0 Å². The highest BCUT2D eigenvalue weighted by Gasteiger charge is 2.39. The Morgan fingerprint density at radius 2 is 1.92 bits per heavy atom. The van der Waals surface area contributed by atoms with Gasteiger partial charge in [-0.05, 0) is 25.8 Å². The van der Waals surface area contributed by atoms with Crippen LogP contribution >= 0.6 is 0 Å². The summed E-state index contributed by atoms with van der Waals surface area (Å²) >= 11 is 0. The molecule has 0 atom stereocenters. The van der Waals surface area contributed by atoms with Crippen molar-refractivity contribution in [3.8, 4) is 0 Å². The van der Waals surface area contributed by atoms with Crippen molar-refractivity contribution >= 4 is 10.0 Å². The molecule has 0 radical (unpaired) electrons. The van der Waals surface area contributed by atoms with Gasteiger partial charge in [-0.3, -0.25) is 0 Å². The van der Waals surface area contributed by atoms with Crippen LogP contribution in [0.1, 0.15) is 19.3 Å². The van der Waals surface area contributed by atoms with Crippen molar-refractivity contribution in [1.29, 1.82) is 0 Å². The van der Waals surface area contributed by atoms with Crippen LogP contribution in [0.25, 0.3) is 0 Å². The van der Waals surface area contributed by atoms with Crippen molar-refractivity contribution in [2.75, 3.05) is 26.2 Å². The van der Waals surface area contributed by atoms with Crippen molar-refractivity contribution in [2.45, 2.75) is 24.5 Å². The summed E-state index contributed by atoms with van der Waals surface area (Å²) in [6.07, 6.45) is 2.67. The first-order valence-corrected chi connectivity index (χ1v) is 6.41. The molecule has 1 heterocycles. The van der Waals surface area contributed by atoms with Crippen molar-refractivity contribution in [3.05, 3.63) is 0 Å². The Morgan fingerprint density at radius 3 is 2.62 bits per heavy atom. The molecule has 1 saturated carbocycles. The first-order chi connectivity index (χ1) is 6.21. The van der Waals surface area contributed by atoms with E-state index in [1.807, 2.05) is 0 Å². The smallest absolute Gasteiger partial charge is 0.217 e. The van der Waals surface area contributed by atoms with E-state index in [-0.39, 0.29) is 5.25 Å². The average molecular weight is 204 g/mol. The maximum Gasteiger partial charge on any atom is 0.217 e. The molecule has 5 heteroatoms. The van der Waals surface area contributed by atoms with E-state index < -0.39 is 10.0 Å². The largest absolute Gasteiger partial charge is 0.315 e. The number of sulfonamides is 1. The predicted molar refractivity (Wildman–Crippen MR) is 51.0 cm³/mol. The van der Waals surface area contributed by atoms with Crippen molar-refractivity contribution < 1.29 is 8.42 Å². The van der Waals surface area contributed by atoms with Crippen molar-refractivity contribution in [3.63, 3.8) is 0 Å². The zero-order chi connectivity index (χ0) is 9.31. The molecule has 0 amide bonds. The molecule has 1 aliphatic carbocycles. The molecule has 13 heavy (non-hydrogen) atoms. The van der Waals surface area contributed by atoms with Gasteiger partial charge >= 0.3 is 0 Å². The fraction of sp³-hybridized carbons (Fsp3) is 1.00. The van der Waals surface area contributed by atoms with Crippen LogP contribution in [0.15, 0.2) is 0 Å². The SMILES string of the molecule is O=S(=O)(C1CC1)N1CCCNCC1. The number of hydrogen-bond donors (Lipinski definition) is 1. The second-order valence-electron chi connectivity index (χ2n) is 3.75. The lowest BCUT2D eigenvalue weighted by molar-refractivity contribution is 0.431. The van der Waals surface area contributed by atoms with Gasteiger partial charge in [-0.15, -0.1) is 0 Å². The third-order valence-electron chi connectivity index (χ3n) is 2.60. The summed E-state index contributed by atoms with van der Waals surface area (Å²) in [4.78, 5) is 0. The van der Waals surface area contributed by atoms with Crippen LogP contribution in [-0.4, -0.2) is 44.2 Å². The van der Waals surface area contributed by atoms with Gasteiger partial charge in [0.2, 0.25) is 10.0 Å². The van der Waals surface area contributed by atoms with Crippen LogP contribution in [0.5, 0.6) is 0 Å². The fourth-order valence-corrected chi connectivity index (χ4v) is 3.53. The molecule has 1 saturated heterocycles. The van der Waals surface area contributed by atoms with Crippen LogP contribution in [0.2, 0.25) is 0 Å². The fourth-order valence-electron chi connectivity index (χ4n) is 1.65. The molecule has 1 aliphatic heterocycles. The van der Waals surface area contributed by atoms with Gasteiger partial charge in [0.1, 0.15) is 0 Å². The van der Waals surface area contributed by atoms with E-state index in [4.69, 9.17) is 0 Å². The molecule has 1 N–H and O–H groups in total. The molecule has 0 aromatic rings. The third kappa shape index (κ3) is 2.03. The van der Waals surface area contributed by atoms with Gasteiger partial charge in [0.05, 0.1) is 5.25 Å². The standard InChI is InChI=1S/C8H16N2O2S/c11-13(12,8-2-3-8)10-6-1-4-9-5-7-10/h8-9H,1-7H2. The van der Waals surface area contributed by atoms with Gasteiger partial charge in [-0.2, -0.15) is 0 Å². The van der Waals surface area contributed by atoms with Crippen LogP contribution in [-0.2, 0) is 10.0 Å². The van der Waals surface area contributed by atoms with Crippen molar-refractivity contribution in [1.82, 2.24) is 9.62 Å². The van der Waals surface area contributed by atoms with Crippen LogP contribution in [0, 0.1) is 0 Å². The number of hydrogen-bond acceptors (Lipinski definition) is 3. The monoisotopic (exact) mass is 204 g/mol. The second-order valence-corrected chi connectivity index (χ2v) is 5.96. The Labute approximate surface area is 79.4 Å². The van der Waals surface area contributed by atoms with E-state index in [0.29, 0.717) is 13.1 Å². The molecule has 2 fully saturated rings. The lowest BCUT2D eigenvalue weighted by Gasteiger charge is -2.18. The maximum absolute atomic E-state index is 11.8. The molecule has 2 aliphatic rings. The summed E-state index contributed by atoms with van der Waals surface area (Å²) in [5.74, 6) is 0. The summed E-state index contributed by atoms with van der Waals surface area (Å²) in [7, 11) is -2.92. The Bertz CT molecular complexity index is 264. The summed E-state index contributed by atoms with van der Waals surface area (Å²) in [6, 6.07) is 0. The third-order valence-corrected chi connectivity index (χ3v) is 5.00. The zero-order valence-electron chi connectivity index (χ0n) is 7.70. The molecule has 4 nitrogen and oxygen atoms in total. The molecule has 0 spiro atoms. The van der Waals surface area contributed by atoms with E-state index in [1.165, 1.54) is 0 Å². The minimum atomic E-state index is -2.92. The molecule has 0 bridgehead atoms. The van der Waals surface area contributed by atoms with E-state index in [0.717, 1.165) is 32.4 Å². The molecular formula is C8H16N2O2S. The minimum absolute atomic E-state index is 0.0504. The summed E-state index contributed by atoms with van der Waals surface area (Å²) in [5, 5.41) is 3.15. The zero-order valence-corrected chi connectivity index (χ0v) is 8.52. The second kappa shape index (κ2) is 3.55. The molecule has 76 valence electrons. The lowest BCUT2D eigenvalue weighted by Crippen LogP contribution is -2.36. The Balaban J connectivity index is 2.04. The van der Waals surface area contributed by atoms with Gasteiger partial charge in [-0.25, -0.2) is 12.7 Å². The Morgan fingerprint density at radius 1 is 1.15 bits per heavy atom. The first-order valence-electron chi connectivity index (χ1n) is 4.91. The van der Waals surface area contributed by atoms with Crippen LogP contribution in [0.3, 0.4) is 0 Å². The Kier molecular flexibility index (Phi) is 2.58. The summed E-state index contributed by atoms with van der Waals surface area (Å²) in [6.45, 7) is 3.09.